The van der Waals surface area contributed by atoms with E-state index in [2.05, 4.69) is 41.5 Å². The molecule has 0 aromatic rings. The van der Waals surface area contributed by atoms with Crippen molar-refractivity contribution in [3.8, 4) is 0 Å². The van der Waals surface area contributed by atoms with E-state index in [-0.39, 0.29) is 25.7 Å². The second-order valence-corrected chi connectivity index (χ2v) is 36.4. The minimum absolute atomic E-state index is 0.108. The molecule has 0 aliphatic rings. The van der Waals surface area contributed by atoms with E-state index in [1.807, 2.05) is 0 Å². The molecule has 0 rings (SSSR count). The van der Waals surface area contributed by atoms with Crippen LogP contribution in [0, 0.1) is 11.8 Å². The van der Waals surface area contributed by atoms with Crippen molar-refractivity contribution in [2.24, 2.45) is 11.8 Å². The first-order valence-electron chi connectivity index (χ1n) is 47.6. The maximum Gasteiger partial charge on any atom is 0.472 e. The largest absolute Gasteiger partial charge is 0.472 e. The second kappa shape index (κ2) is 83.1. The molecule has 0 amide bonds. The van der Waals surface area contributed by atoms with Crippen molar-refractivity contribution in [2.45, 2.75) is 516 Å². The fourth-order valence-electron chi connectivity index (χ4n) is 14.4. The lowest BCUT2D eigenvalue weighted by atomic mass is 9.99. The maximum absolute atomic E-state index is 13.2. The smallest absolute Gasteiger partial charge is 0.462 e. The van der Waals surface area contributed by atoms with Gasteiger partial charge >= 0.3 is 39.5 Å². The Bertz CT molecular complexity index is 2120. The number of hydrogen-bond donors (Lipinski definition) is 3. The predicted octanol–water partition coefficient (Wildman–Crippen LogP) is 28.6. The molecule has 19 heteroatoms. The molecule has 4 unspecified atom stereocenters. The summed E-state index contributed by atoms with van der Waals surface area (Å²) in [4.78, 5) is 73.4. The third-order valence-electron chi connectivity index (χ3n) is 22.4. The van der Waals surface area contributed by atoms with Crippen LogP contribution in [0.25, 0.3) is 0 Å². The van der Waals surface area contributed by atoms with Crippen molar-refractivity contribution in [3.05, 3.63) is 0 Å². The van der Waals surface area contributed by atoms with Crippen molar-refractivity contribution >= 4 is 39.5 Å². The fourth-order valence-corrected chi connectivity index (χ4v) is 16.0. The van der Waals surface area contributed by atoms with Crippen molar-refractivity contribution < 1.29 is 80.2 Å². The Kier molecular flexibility index (Phi) is 81.7. The van der Waals surface area contributed by atoms with E-state index >= 15 is 0 Å². The Morgan fingerprint density at radius 3 is 0.640 bits per heavy atom. The zero-order valence-electron chi connectivity index (χ0n) is 73.3. The summed E-state index contributed by atoms with van der Waals surface area (Å²) in [5.41, 5.74) is 0. The van der Waals surface area contributed by atoms with Crippen LogP contribution in [0.15, 0.2) is 0 Å². The number of phosphoric ester groups is 2. The number of aliphatic hydroxyl groups excluding tert-OH is 1. The van der Waals surface area contributed by atoms with Gasteiger partial charge in [-0.05, 0) is 37.5 Å². The summed E-state index contributed by atoms with van der Waals surface area (Å²) < 4.78 is 69.1. The van der Waals surface area contributed by atoms with E-state index in [0.717, 1.165) is 102 Å². The normalized spacial score (nSPS) is 14.2. The van der Waals surface area contributed by atoms with Gasteiger partial charge in [0.05, 0.1) is 26.4 Å². The maximum atomic E-state index is 13.2. The van der Waals surface area contributed by atoms with Crippen LogP contribution >= 0.6 is 15.6 Å². The Balaban J connectivity index is 5.23. The summed E-state index contributed by atoms with van der Waals surface area (Å²) in [5, 5.41) is 10.7. The lowest BCUT2D eigenvalue weighted by Gasteiger charge is -2.21. The molecule has 0 heterocycles. The highest BCUT2D eigenvalue weighted by molar-refractivity contribution is 7.47. The lowest BCUT2D eigenvalue weighted by Crippen LogP contribution is -2.30. The van der Waals surface area contributed by atoms with Crippen LogP contribution in [-0.4, -0.2) is 96.7 Å². The minimum Gasteiger partial charge on any atom is -0.462 e. The van der Waals surface area contributed by atoms with Crippen molar-refractivity contribution in [1.29, 1.82) is 0 Å². The standard InChI is InChI=1S/C92H180O17P2/c1-7-11-13-15-17-19-21-23-25-26-27-28-29-30-34-38-41-45-49-56-62-68-74-89(94)102-80-87(108-91(96)77-71-65-59-51-47-43-39-35-32-31-33-37-40-44-48-54-60-66-72-84(5)9-3)82-106-110(98,99)104-78-86(93)79-105-111(100,101)107-83-88(81-103-90(95)75-69-63-57-53-52-55-61-67-73-85(6)10-4)109-92(97)76-70-64-58-50-46-42-36-24-22-20-18-16-14-12-8-2/h84-88,93H,7-83H2,1-6H3,(H,98,99)(H,100,101)/t84?,85?,86-,87-,88-/m1/s1. The Hall–Kier alpha value is -1.94. The average molecular weight is 1620 g/mol. The van der Waals surface area contributed by atoms with Crippen LogP contribution in [0.1, 0.15) is 497 Å². The number of rotatable bonds is 91. The van der Waals surface area contributed by atoms with Gasteiger partial charge in [-0.15, -0.1) is 0 Å². The molecule has 0 aromatic heterocycles. The highest BCUT2D eigenvalue weighted by atomic mass is 31.2. The Labute approximate surface area is 683 Å². The lowest BCUT2D eigenvalue weighted by molar-refractivity contribution is -0.161. The number of aliphatic hydroxyl groups is 1. The van der Waals surface area contributed by atoms with Gasteiger partial charge < -0.3 is 33.8 Å². The van der Waals surface area contributed by atoms with Gasteiger partial charge in [0.2, 0.25) is 0 Å². The molecule has 0 radical (unpaired) electrons. The molecule has 111 heavy (non-hydrogen) atoms. The molecule has 0 bridgehead atoms. The number of hydrogen-bond acceptors (Lipinski definition) is 15. The zero-order chi connectivity index (χ0) is 81.3. The first kappa shape index (κ1) is 109. The van der Waals surface area contributed by atoms with Crippen LogP contribution < -0.4 is 0 Å². The molecule has 0 aliphatic carbocycles. The van der Waals surface area contributed by atoms with Gasteiger partial charge in [-0.3, -0.25) is 37.3 Å². The van der Waals surface area contributed by atoms with Crippen molar-refractivity contribution in [1.82, 2.24) is 0 Å². The number of esters is 4. The van der Waals surface area contributed by atoms with Crippen LogP contribution in [0.2, 0.25) is 0 Å². The highest BCUT2D eigenvalue weighted by Gasteiger charge is 2.31. The molecule has 0 fully saturated rings. The summed E-state index contributed by atoms with van der Waals surface area (Å²) >= 11 is 0. The predicted molar refractivity (Wildman–Crippen MR) is 460 cm³/mol. The zero-order valence-corrected chi connectivity index (χ0v) is 75.1. The fraction of sp³-hybridized carbons (Fsp3) is 0.957. The molecule has 0 saturated heterocycles. The summed E-state index contributed by atoms with van der Waals surface area (Å²) in [5.74, 6) is -0.447. The van der Waals surface area contributed by atoms with Gasteiger partial charge in [-0.25, -0.2) is 9.13 Å². The van der Waals surface area contributed by atoms with Gasteiger partial charge in [0.15, 0.2) is 12.2 Å². The summed E-state index contributed by atoms with van der Waals surface area (Å²) in [7, 11) is -9.94. The number of carbonyl (C=O) groups is 4. The molecular formula is C92H180O17P2. The number of phosphoric acid groups is 2. The summed E-state index contributed by atoms with van der Waals surface area (Å²) in [6.45, 7) is 9.78. The molecule has 0 saturated carbocycles. The van der Waals surface area contributed by atoms with E-state index in [9.17, 15) is 43.2 Å². The van der Waals surface area contributed by atoms with Gasteiger partial charge in [0.1, 0.15) is 19.3 Å². The van der Waals surface area contributed by atoms with Crippen LogP contribution in [0.4, 0.5) is 0 Å². The van der Waals surface area contributed by atoms with E-state index in [4.69, 9.17) is 37.0 Å². The molecular weight excluding hydrogens is 1440 g/mol. The molecule has 0 spiro atoms. The first-order valence-corrected chi connectivity index (χ1v) is 50.6. The second-order valence-electron chi connectivity index (χ2n) is 33.5. The van der Waals surface area contributed by atoms with Crippen LogP contribution in [-0.2, 0) is 65.4 Å². The highest BCUT2D eigenvalue weighted by Crippen LogP contribution is 2.45. The average Bonchev–Trinajstić information content (AvgIpc) is 0.900. The SMILES string of the molecule is CCCCCCCCCCCCCCCCCCCCCCCCC(=O)OC[C@H](COP(=O)(O)OC[C@@H](O)COP(=O)(O)OC[C@@H](COC(=O)CCCCCCCCCCC(C)CC)OC(=O)CCCCCCCCCCCCCCCCC)OC(=O)CCCCCCCCCCCCCCCCCCCCC(C)CC. The first-order chi connectivity index (χ1) is 53.9. The van der Waals surface area contributed by atoms with Gasteiger partial charge in [-0.1, -0.05) is 446 Å². The van der Waals surface area contributed by atoms with Gasteiger partial charge in [0.25, 0.3) is 0 Å². The quantitative estimate of drug-likeness (QED) is 0.0222. The van der Waals surface area contributed by atoms with Gasteiger partial charge in [-0.2, -0.15) is 0 Å². The summed E-state index contributed by atoms with van der Waals surface area (Å²) in [6, 6.07) is 0. The number of ether oxygens (including phenoxy) is 4. The van der Waals surface area contributed by atoms with E-state index in [0.29, 0.717) is 25.7 Å². The third kappa shape index (κ3) is 82.9. The number of unbranched alkanes of at least 4 members (excludes halogenated alkanes) is 59. The minimum atomic E-state index is -4.97. The number of carbonyl (C=O) groups excluding carboxylic acids is 4. The Morgan fingerprint density at radius 2 is 0.432 bits per heavy atom. The van der Waals surface area contributed by atoms with Crippen molar-refractivity contribution in [3.63, 3.8) is 0 Å². The third-order valence-corrected chi connectivity index (χ3v) is 24.3. The van der Waals surface area contributed by atoms with E-state index in [1.54, 1.807) is 0 Å². The van der Waals surface area contributed by atoms with E-state index < -0.39 is 97.5 Å². The molecule has 660 valence electrons. The monoisotopic (exact) mass is 1620 g/mol. The molecule has 3 N–H and O–H groups in total. The van der Waals surface area contributed by atoms with Gasteiger partial charge in [0, 0.05) is 25.7 Å². The van der Waals surface area contributed by atoms with Crippen LogP contribution in [0.5, 0.6) is 0 Å². The van der Waals surface area contributed by atoms with Crippen LogP contribution in [0.3, 0.4) is 0 Å². The molecule has 0 aliphatic heterocycles. The topological polar surface area (TPSA) is 237 Å². The molecule has 7 atom stereocenters. The molecule has 0 aromatic carbocycles. The summed E-state index contributed by atoms with van der Waals surface area (Å²) in [6.07, 6.45) is 77.8. The van der Waals surface area contributed by atoms with Crippen molar-refractivity contribution in [2.75, 3.05) is 39.6 Å². The van der Waals surface area contributed by atoms with E-state index in [1.165, 1.54) is 315 Å². The molecule has 17 nitrogen and oxygen atoms in total. The Morgan fingerprint density at radius 1 is 0.252 bits per heavy atom.